The quantitative estimate of drug-likeness (QED) is 0.788. The fourth-order valence-corrected chi connectivity index (χ4v) is 1.90. The van der Waals surface area contributed by atoms with Gasteiger partial charge in [0.2, 0.25) is 0 Å². The number of nitrogens with zero attached hydrogens (tertiary/aromatic N) is 1. The van der Waals surface area contributed by atoms with Crippen LogP contribution in [0.15, 0.2) is 60.7 Å². The topological polar surface area (TPSA) is 31.2 Å². The monoisotopic (exact) mass is 224 g/mol. The minimum absolute atomic E-state index is 0.109. The molecule has 0 aromatic heterocycles. The van der Waals surface area contributed by atoms with Gasteiger partial charge in [-0.15, -0.1) is 0 Å². The first kappa shape index (κ1) is 11.4. The van der Waals surface area contributed by atoms with Gasteiger partial charge in [0.1, 0.15) is 0 Å². The second-order valence-electron chi connectivity index (χ2n) is 3.82. The molecular weight excluding hydrogens is 210 g/mol. The molecule has 0 atom stereocenters. The van der Waals surface area contributed by atoms with Crippen molar-refractivity contribution in [3.05, 3.63) is 71.8 Å². The van der Waals surface area contributed by atoms with Crippen molar-refractivity contribution in [2.24, 2.45) is 0 Å². The van der Waals surface area contributed by atoms with Crippen LogP contribution in [0.25, 0.3) is 0 Å². The van der Waals surface area contributed by atoms with Crippen LogP contribution in [-0.2, 0) is 4.79 Å². The third-order valence-corrected chi connectivity index (χ3v) is 2.73. The highest BCUT2D eigenvalue weighted by Crippen LogP contribution is 2.24. The second-order valence-corrected chi connectivity index (χ2v) is 3.82. The lowest BCUT2D eigenvalue weighted by molar-refractivity contribution is -0.121. The van der Waals surface area contributed by atoms with E-state index in [0.717, 1.165) is 11.1 Å². The zero-order chi connectivity index (χ0) is 12.1. The van der Waals surface area contributed by atoms with Crippen LogP contribution in [0.2, 0.25) is 0 Å². The molecular formula is C15H14NO. The number of benzene rings is 2. The van der Waals surface area contributed by atoms with E-state index in [0.29, 0.717) is 0 Å². The van der Waals surface area contributed by atoms with Gasteiger partial charge in [-0.1, -0.05) is 60.7 Å². The predicted molar refractivity (Wildman–Crippen MR) is 67.8 cm³/mol. The summed E-state index contributed by atoms with van der Waals surface area (Å²) in [6, 6.07) is 19.5. The molecule has 1 radical (unpaired) electrons. The average Bonchev–Trinajstić information content (AvgIpc) is 2.41. The third kappa shape index (κ3) is 2.53. The van der Waals surface area contributed by atoms with Gasteiger partial charge in [0.15, 0.2) is 0 Å². The fourth-order valence-electron chi connectivity index (χ4n) is 1.90. The van der Waals surface area contributed by atoms with Crippen LogP contribution in [0.1, 0.15) is 17.0 Å². The zero-order valence-electron chi connectivity index (χ0n) is 9.71. The molecule has 0 spiro atoms. The van der Waals surface area contributed by atoms with Gasteiger partial charge in [0.25, 0.3) is 5.91 Å². The maximum atomic E-state index is 11.9. The van der Waals surface area contributed by atoms with Crippen molar-refractivity contribution < 1.29 is 4.79 Å². The Bertz CT molecular complexity index is 439. The molecule has 0 bridgehead atoms. The Morgan fingerprint density at radius 1 is 0.882 bits per heavy atom. The second kappa shape index (κ2) is 5.30. The molecule has 1 amide bonds. The molecule has 0 unspecified atom stereocenters. The molecule has 2 aromatic carbocycles. The Hall–Kier alpha value is -2.09. The van der Waals surface area contributed by atoms with E-state index < -0.39 is 0 Å². The van der Waals surface area contributed by atoms with Crippen LogP contribution in [0.3, 0.4) is 0 Å². The van der Waals surface area contributed by atoms with Crippen molar-refractivity contribution in [2.45, 2.75) is 5.92 Å². The summed E-state index contributed by atoms with van der Waals surface area (Å²) in [5, 5.41) is 3.80. The van der Waals surface area contributed by atoms with Crippen molar-refractivity contribution >= 4 is 5.91 Å². The minimum atomic E-state index is -0.289. The number of hydrogen-bond donors (Lipinski definition) is 0. The molecule has 0 N–H and O–H groups in total. The van der Waals surface area contributed by atoms with Crippen molar-refractivity contribution in [2.75, 3.05) is 7.05 Å². The SMILES string of the molecule is C[N]C(=O)C(c1ccccc1)c1ccccc1. The van der Waals surface area contributed by atoms with Crippen LogP contribution in [-0.4, -0.2) is 13.0 Å². The van der Waals surface area contributed by atoms with Crippen LogP contribution in [0, 0.1) is 0 Å². The molecule has 0 saturated carbocycles. The lowest BCUT2D eigenvalue weighted by atomic mass is 9.90. The van der Waals surface area contributed by atoms with Gasteiger partial charge in [-0.2, -0.15) is 0 Å². The highest BCUT2D eigenvalue weighted by molar-refractivity contribution is 5.86. The van der Waals surface area contributed by atoms with Crippen LogP contribution in [0.4, 0.5) is 0 Å². The lowest BCUT2D eigenvalue weighted by Gasteiger charge is -2.15. The molecule has 0 heterocycles. The first-order chi connectivity index (χ1) is 8.33. The number of rotatable bonds is 3. The van der Waals surface area contributed by atoms with Crippen LogP contribution in [0.5, 0.6) is 0 Å². The molecule has 0 saturated heterocycles. The zero-order valence-corrected chi connectivity index (χ0v) is 9.71. The summed E-state index contributed by atoms with van der Waals surface area (Å²) in [6.07, 6.45) is 0. The molecule has 0 aliphatic heterocycles. The molecule has 0 fully saturated rings. The van der Waals surface area contributed by atoms with Gasteiger partial charge in [-0.3, -0.25) is 10.1 Å². The summed E-state index contributed by atoms with van der Waals surface area (Å²) in [4.78, 5) is 11.9. The largest absolute Gasteiger partial charge is 0.272 e. The van der Waals surface area contributed by atoms with Gasteiger partial charge >= 0.3 is 0 Å². The summed E-state index contributed by atoms with van der Waals surface area (Å²) < 4.78 is 0. The molecule has 17 heavy (non-hydrogen) atoms. The highest BCUT2D eigenvalue weighted by atomic mass is 16.1. The van der Waals surface area contributed by atoms with Crippen molar-refractivity contribution in [1.82, 2.24) is 5.32 Å². The van der Waals surface area contributed by atoms with E-state index >= 15 is 0 Å². The molecule has 2 aromatic rings. The summed E-state index contributed by atoms with van der Waals surface area (Å²) in [7, 11) is 1.54. The Labute approximate surface area is 101 Å². The third-order valence-electron chi connectivity index (χ3n) is 2.73. The van der Waals surface area contributed by atoms with Gasteiger partial charge in [-0.25, -0.2) is 0 Å². The average molecular weight is 224 g/mol. The van der Waals surface area contributed by atoms with E-state index in [2.05, 4.69) is 5.32 Å². The van der Waals surface area contributed by atoms with Crippen molar-refractivity contribution in [3.63, 3.8) is 0 Å². The molecule has 2 rings (SSSR count). The normalized spacial score (nSPS) is 10.2. The smallest absolute Gasteiger partial charge is 0.252 e. The van der Waals surface area contributed by atoms with E-state index in [9.17, 15) is 4.79 Å². The number of hydrogen-bond acceptors (Lipinski definition) is 1. The standard InChI is InChI=1S/C15H14NO/c1-16-15(17)14(12-8-4-2-5-9-12)13-10-6-3-7-11-13/h2-11,14H,1H3. The summed E-state index contributed by atoms with van der Waals surface area (Å²) in [6.45, 7) is 0. The summed E-state index contributed by atoms with van der Waals surface area (Å²) in [5.74, 6) is -0.398. The Morgan fingerprint density at radius 3 is 1.65 bits per heavy atom. The Balaban J connectivity index is 2.43. The number of amides is 1. The maximum Gasteiger partial charge on any atom is 0.252 e. The number of carbonyl (C=O) groups is 1. The van der Waals surface area contributed by atoms with Crippen LogP contribution >= 0.6 is 0 Å². The summed E-state index contributed by atoms with van der Waals surface area (Å²) in [5.41, 5.74) is 1.96. The predicted octanol–water partition coefficient (Wildman–Crippen LogP) is 2.58. The van der Waals surface area contributed by atoms with E-state index in [1.807, 2.05) is 60.7 Å². The molecule has 85 valence electrons. The minimum Gasteiger partial charge on any atom is -0.272 e. The van der Waals surface area contributed by atoms with Gasteiger partial charge in [0.05, 0.1) is 5.92 Å². The van der Waals surface area contributed by atoms with Gasteiger partial charge in [-0.05, 0) is 11.1 Å². The Kier molecular flexibility index (Phi) is 3.55. The lowest BCUT2D eigenvalue weighted by Crippen LogP contribution is -2.21. The van der Waals surface area contributed by atoms with Gasteiger partial charge in [0, 0.05) is 7.05 Å². The molecule has 2 nitrogen and oxygen atoms in total. The molecule has 2 heteroatoms. The highest BCUT2D eigenvalue weighted by Gasteiger charge is 2.21. The van der Waals surface area contributed by atoms with E-state index in [4.69, 9.17) is 0 Å². The maximum absolute atomic E-state index is 11.9. The number of carbonyl (C=O) groups excluding carboxylic acids is 1. The first-order valence-electron chi connectivity index (χ1n) is 5.56. The number of likely N-dealkylation sites (N-methyl/N-ethyl adjacent to an activating group) is 1. The Morgan fingerprint density at radius 2 is 1.29 bits per heavy atom. The van der Waals surface area contributed by atoms with E-state index in [1.165, 1.54) is 0 Å². The van der Waals surface area contributed by atoms with E-state index in [-0.39, 0.29) is 11.8 Å². The first-order valence-corrected chi connectivity index (χ1v) is 5.56. The van der Waals surface area contributed by atoms with E-state index in [1.54, 1.807) is 7.05 Å². The van der Waals surface area contributed by atoms with Gasteiger partial charge < -0.3 is 0 Å². The fraction of sp³-hybridized carbons (Fsp3) is 0.133. The van der Waals surface area contributed by atoms with Crippen molar-refractivity contribution in [1.29, 1.82) is 0 Å². The van der Waals surface area contributed by atoms with Crippen LogP contribution < -0.4 is 5.32 Å². The summed E-state index contributed by atoms with van der Waals surface area (Å²) >= 11 is 0. The van der Waals surface area contributed by atoms with Crippen molar-refractivity contribution in [3.8, 4) is 0 Å². The molecule has 0 aliphatic rings. The molecule has 0 aliphatic carbocycles.